The van der Waals surface area contributed by atoms with Crippen LogP contribution in [-0.2, 0) is 0 Å². The maximum absolute atomic E-state index is 7.06. The Balaban J connectivity index is 1.82. The molecule has 0 fully saturated rings. The molecule has 0 atom stereocenters. The Bertz CT molecular complexity index is 1120. The second kappa shape index (κ2) is 9.15. The first-order valence-electron chi connectivity index (χ1n) is 10.7. The van der Waals surface area contributed by atoms with Crippen LogP contribution in [-0.4, -0.2) is 8.32 Å². The molecule has 4 heteroatoms. The van der Waals surface area contributed by atoms with Gasteiger partial charge in [0.05, 0.1) is 0 Å². The van der Waals surface area contributed by atoms with Crippen molar-refractivity contribution in [2.45, 2.75) is 25.8 Å². The summed E-state index contributed by atoms with van der Waals surface area (Å²) in [6.07, 6.45) is 0. The number of rotatable bonds is 5. The maximum Gasteiger partial charge on any atom is 0.319 e. The van der Waals surface area contributed by atoms with E-state index in [1.807, 2.05) is 42.5 Å². The van der Waals surface area contributed by atoms with Crippen LogP contribution >= 0.6 is 23.2 Å². The second-order valence-corrected chi connectivity index (χ2v) is 13.9. The molecule has 0 aromatic heterocycles. The molecule has 1 nitrogen and oxygen atoms in total. The fraction of sp³-hybridized carbons (Fsp3) is 0.143. The zero-order chi connectivity index (χ0) is 22.8. The predicted molar refractivity (Wildman–Crippen MR) is 140 cm³/mol. The van der Waals surface area contributed by atoms with Gasteiger partial charge in [0, 0.05) is 15.6 Å². The Kier molecular flexibility index (Phi) is 6.48. The highest BCUT2D eigenvalue weighted by molar-refractivity contribution is 7.00. The quantitative estimate of drug-likeness (QED) is 0.269. The number of benzene rings is 4. The van der Waals surface area contributed by atoms with Crippen molar-refractivity contribution in [2.75, 3.05) is 0 Å². The highest BCUT2D eigenvalue weighted by Crippen LogP contribution is 2.39. The van der Waals surface area contributed by atoms with Gasteiger partial charge >= 0.3 is 8.32 Å². The van der Waals surface area contributed by atoms with Crippen LogP contribution < -0.4 is 14.8 Å². The second-order valence-electron chi connectivity index (χ2n) is 8.89. The Morgan fingerprint density at radius 3 is 1.50 bits per heavy atom. The van der Waals surface area contributed by atoms with Crippen molar-refractivity contribution < 1.29 is 4.43 Å². The Morgan fingerprint density at radius 1 is 0.594 bits per heavy atom. The van der Waals surface area contributed by atoms with Crippen LogP contribution in [0.1, 0.15) is 20.8 Å². The summed E-state index contributed by atoms with van der Waals surface area (Å²) in [6.45, 7) is 6.82. The van der Waals surface area contributed by atoms with E-state index in [0.717, 1.165) is 16.9 Å². The van der Waals surface area contributed by atoms with Crippen molar-refractivity contribution in [3.05, 3.63) is 113 Å². The lowest BCUT2D eigenvalue weighted by atomic mass is 10.1. The molecule has 0 bridgehead atoms. The van der Waals surface area contributed by atoms with Gasteiger partial charge in [-0.3, -0.25) is 0 Å². The van der Waals surface area contributed by atoms with E-state index in [4.69, 9.17) is 27.6 Å². The average molecular weight is 478 g/mol. The van der Waals surface area contributed by atoms with Crippen molar-refractivity contribution in [3.8, 4) is 16.9 Å². The molecule has 4 aromatic carbocycles. The third kappa shape index (κ3) is 4.23. The van der Waals surface area contributed by atoms with Gasteiger partial charge in [-0.05, 0) is 45.2 Å². The molecule has 0 N–H and O–H groups in total. The monoisotopic (exact) mass is 476 g/mol. The van der Waals surface area contributed by atoms with Crippen LogP contribution in [0.4, 0.5) is 0 Å². The number of hydrogen-bond acceptors (Lipinski definition) is 1. The Hall–Kier alpha value is -2.52. The van der Waals surface area contributed by atoms with E-state index in [1.54, 1.807) is 0 Å². The molecule has 0 radical (unpaired) electrons. The molecule has 0 aliphatic carbocycles. The van der Waals surface area contributed by atoms with Crippen molar-refractivity contribution in [2.24, 2.45) is 0 Å². The van der Waals surface area contributed by atoms with Crippen molar-refractivity contribution in [1.29, 1.82) is 0 Å². The topological polar surface area (TPSA) is 9.23 Å². The van der Waals surface area contributed by atoms with Gasteiger partial charge in [-0.2, -0.15) is 0 Å². The molecule has 32 heavy (non-hydrogen) atoms. The van der Waals surface area contributed by atoms with Gasteiger partial charge in [-0.1, -0.05) is 123 Å². The summed E-state index contributed by atoms with van der Waals surface area (Å²) >= 11 is 12.8. The lowest BCUT2D eigenvalue weighted by Crippen LogP contribution is -2.68. The van der Waals surface area contributed by atoms with Crippen LogP contribution in [0.15, 0.2) is 103 Å². The molecule has 0 saturated carbocycles. The predicted octanol–water partition coefficient (Wildman–Crippen LogP) is 7.60. The van der Waals surface area contributed by atoms with E-state index in [1.165, 1.54) is 10.4 Å². The third-order valence-electron chi connectivity index (χ3n) is 5.79. The van der Waals surface area contributed by atoms with Crippen LogP contribution in [0.2, 0.25) is 15.1 Å². The summed E-state index contributed by atoms with van der Waals surface area (Å²) in [4.78, 5) is 0. The van der Waals surface area contributed by atoms with Crippen LogP contribution in [0.25, 0.3) is 11.1 Å². The highest BCUT2D eigenvalue weighted by Gasteiger charge is 2.52. The molecule has 0 amide bonds. The molecule has 0 saturated heterocycles. The Labute approximate surface area is 201 Å². The van der Waals surface area contributed by atoms with Gasteiger partial charge in [-0.25, -0.2) is 0 Å². The fourth-order valence-corrected chi connectivity index (χ4v) is 9.33. The molecular weight excluding hydrogens is 451 g/mol. The number of hydrogen-bond donors (Lipinski definition) is 0. The fourth-order valence-electron chi connectivity index (χ4n) is 4.29. The standard InChI is InChI=1S/C28H26Cl2OSi/c1-28(2,3)32(23-11-6-4-7-12-23,24-13-8-5-9-14-24)31-22-19-17-21(18-20-22)27-25(29)15-10-16-26(27)30/h4-20H,1-3H3. The smallest absolute Gasteiger partial charge is 0.319 e. The SMILES string of the molecule is CC(C)(C)[Si](Oc1ccc(-c2c(Cl)cccc2Cl)cc1)(c1ccccc1)c1ccccc1. The summed E-state index contributed by atoms with van der Waals surface area (Å²) in [7, 11) is -2.66. The summed E-state index contributed by atoms with van der Waals surface area (Å²) in [5, 5.41) is 3.67. The summed E-state index contributed by atoms with van der Waals surface area (Å²) in [5.41, 5.74) is 1.81. The minimum atomic E-state index is -2.66. The van der Waals surface area contributed by atoms with Crippen molar-refractivity contribution in [3.63, 3.8) is 0 Å². The van der Waals surface area contributed by atoms with E-state index < -0.39 is 8.32 Å². The average Bonchev–Trinajstić information content (AvgIpc) is 2.79. The van der Waals surface area contributed by atoms with Crippen molar-refractivity contribution >= 4 is 41.9 Å². The van der Waals surface area contributed by atoms with Gasteiger partial charge in [-0.15, -0.1) is 0 Å². The lowest BCUT2D eigenvalue weighted by Gasteiger charge is -2.43. The molecule has 0 heterocycles. The van der Waals surface area contributed by atoms with E-state index >= 15 is 0 Å². The molecule has 0 unspecified atom stereocenters. The molecule has 0 aliphatic heterocycles. The summed E-state index contributed by atoms with van der Waals surface area (Å²) in [6, 6.07) is 34.9. The zero-order valence-electron chi connectivity index (χ0n) is 18.5. The molecular formula is C28H26Cl2OSi. The molecule has 0 spiro atoms. The van der Waals surface area contributed by atoms with Crippen LogP contribution in [0.5, 0.6) is 5.75 Å². The molecule has 4 aromatic rings. The zero-order valence-corrected chi connectivity index (χ0v) is 21.0. The molecule has 162 valence electrons. The van der Waals surface area contributed by atoms with E-state index in [2.05, 4.69) is 81.4 Å². The van der Waals surface area contributed by atoms with Crippen LogP contribution in [0, 0.1) is 0 Å². The van der Waals surface area contributed by atoms with E-state index in [0.29, 0.717) is 10.0 Å². The summed E-state index contributed by atoms with van der Waals surface area (Å²) in [5.74, 6) is 0.839. The maximum atomic E-state index is 7.06. The normalized spacial score (nSPS) is 11.9. The molecule has 0 aliphatic rings. The van der Waals surface area contributed by atoms with Gasteiger partial charge in [0.1, 0.15) is 5.75 Å². The minimum Gasteiger partial charge on any atom is -0.534 e. The third-order valence-corrected chi connectivity index (χ3v) is 11.4. The first-order valence-corrected chi connectivity index (χ1v) is 13.3. The highest BCUT2D eigenvalue weighted by atomic mass is 35.5. The largest absolute Gasteiger partial charge is 0.534 e. The van der Waals surface area contributed by atoms with Crippen molar-refractivity contribution in [1.82, 2.24) is 0 Å². The first kappa shape index (κ1) is 22.7. The molecule has 4 rings (SSSR count). The van der Waals surface area contributed by atoms with Gasteiger partial charge in [0.15, 0.2) is 0 Å². The summed E-state index contributed by atoms with van der Waals surface area (Å²) < 4.78 is 7.06. The van der Waals surface area contributed by atoms with Crippen LogP contribution in [0.3, 0.4) is 0 Å². The van der Waals surface area contributed by atoms with E-state index in [-0.39, 0.29) is 5.04 Å². The number of halogens is 2. The Morgan fingerprint density at radius 2 is 1.06 bits per heavy atom. The van der Waals surface area contributed by atoms with Gasteiger partial charge < -0.3 is 4.43 Å². The van der Waals surface area contributed by atoms with E-state index in [9.17, 15) is 0 Å². The van der Waals surface area contributed by atoms with Gasteiger partial charge in [0.25, 0.3) is 0 Å². The minimum absolute atomic E-state index is 0.0968. The first-order chi connectivity index (χ1) is 15.3. The van der Waals surface area contributed by atoms with Gasteiger partial charge in [0.2, 0.25) is 0 Å². The lowest BCUT2D eigenvalue weighted by molar-refractivity contribution is 0.508.